The third-order valence-electron chi connectivity index (χ3n) is 5.35. The fraction of sp³-hybridized carbons (Fsp3) is 0.875. The fourth-order valence-electron chi connectivity index (χ4n) is 3.68. The lowest BCUT2D eigenvalue weighted by atomic mass is 10.2. The number of nitrogens with zero attached hydrogens (tertiary/aromatic N) is 4. The van der Waals surface area contributed by atoms with Gasteiger partial charge in [0, 0.05) is 23.3 Å². The van der Waals surface area contributed by atoms with Crippen molar-refractivity contribution in [1.82, 2.24) is 19.7 Å². The molecule has 3 fully saturated rings. The molecule has 0 unspecified atom stereocenters. The second-order valence-corrected chi connectivity index (χ2v) is 8.23. The Hall–Kier alpha value is -0.550. The first-order valence-corrected chi connectivity index (χ1v) is 9.71. The molecule has 0 aromatic carbocycles. The molecule has 0 amide bonds. The maximum absolute atomic E-state index is 4.56. The van der Waals surface area contributed by atoms with Gasteiger partial charge in [-0.2, -0.15) is 11.8 Å². The summed E-state index contributed by atoms with van der Waals surface area (Å²) in [4.78, 5) is 2.52. The average molecular weight is 306 g/mol. The Morgan fingerprint density at radius 2 is 1.95 bits per heavy atom. The van der Waals surface area contributed by atoms with Crippen LogP contribution < -0.4 is 0 Å². The van der Waals surface area contributed by atoms with Crippen LogP contribution in [0.25, 0.3) is 0 Å². The van der Waals surface area contributed by atoms with Crippen LogP contribution in [-0.2, 0) is 6.54 Å². The predicted octanol–water partition coefficient (Wildman–Crippen LogP) is 3.21. The summed E-state index contributed by atoms with van der Waals surface area (Å²) >= 11 is 2.03. The van der Waals surface area contributed by atoms with E-state index in [4.69, 9.17) is 0 Å². The van der Waals surface area contributed by atoms with Gasteiger partial charge in [0.2, 0.25) is 0 Å². The van der Waals surface area contributed by atoms with E-state index in [1.807, 2.05) is 11.8 Å². The van der Waals surface area contributed by atoms with Gasteiger partial charge in [0.15, 0.2) is 0 Å². The number of aromatic nitrogens is 3. The van der Waals surface area contributed by atoms with E-state index in [0.29, 0.717) is 12.0 Å². The Bertz CT molecular complexity index is 506. The van der Waals surface area contributed by atoms with E-state index in [2.05, 4.69) is 33.0 Å². The summed E-state index contributed by atoms with van der Waals surface area (Å²) in [5, 5.41) is 9.95. The van der Waals surface area contributed by atoms with Gasteiger partial charge in [0.25, 0.3) is 0 Å². The smallest absolute Gasteiger partial charge is 0.147 e. The van der Waals surface area contributed by atoms with Crippen LogP contribution in [0.1, 0.15) is 68.6 Å². The van der Waals surface area contributed by atoms with Crippen molar-refractivity contribution in [2.45, 2.75) is 74.7 Å². The number of hydrogen-bond donors (Lipinski definition) is 0. The van der Waals surface area contributed by atoms with Gasteiger partial charge in [0.05, 0.1) is 6.54 Å². The van der Waals surface area contributed by atoms with E-state index in [-0.39, 0.29) is 0 Å². The zero-order valence-electron chi connectivity index (χ0n) is 13.2. The first kappa shape index (κ1) is 14.1. The average Bonchev–Trinajstić information content (AvgIpc) is 3.42. The van der Waals surface area contributed by atoms with Crippen LogP contribution in [0.15, 0.2) is 0 Å². The molecular formula is C16H26N4S. The molecule has 1 heterocycles. The predicted molar refractivity (Wildman–Crippen MR) is 86.7 cm³/mol. The lowest BCUT2D eigenvalue weighted by molar-refractivity contribution is 0.228. The maximum Gasteiger partial charge on any atom is 0.147 e. The molecule has 3 aliphatic rings. The lowest BCUT2D eigenvalue weighted by Gasteiger charge is -2.24. The SMILES string of the molecule is CS[C@@H]1CC[C@H](N(C)Cc2nnc(C3CC3)n2C2CC2)C1. The molecule has 5 heteroatoms. The van der Waals surface area contributed by atoms with Gasteiger partial charge in [0.1, 0.15) is 11.6 Å². The largest absolute Gasteiger partial charge is 0.311 e. The van der Waals surface area contributed by atoms with Crippen LogP contribution >= 0.6 is 11.8 Å². The molecule has 0 aliphatic heterocycles. The van der Waals surface area contributed by atoms with Gasteiger partial charge < -0.3 is 4.57 Å². The maximum atomic E-state index is 4.56. The zero-order valence-corrected chi connectivity index (χ0v) is 14.0. The summed E-state index contributed by atoms with van der Waals surface area (Å²) in [6, 6.07) is 1.44. The highest BCUT2D eigenvalue weighted by atomic mass is 32.2. The summed E-state index contributed by atoms with van der Waals surface area (Å²) < 4.78 is 2.50. The van der Waals surface area contributed by atoms with Gasteiger partial charge in [-0.1, -0.05) is 0 Å². The highest BCUT2D eigenvalue weighted by Crippen LogP contribution is 2.45. The van der Waals surface area contributed by atoms with Crippen LogP contribution in [0.4, 0.5) is 0 Å². The monoisotopic (exact) mass is 306 g/mol. The van der Waals surface area contributed by atoms with Gasteiger partial charge >= 0.3 is 0 Å². The van der Waals surface area contributed by atoms with Crippen molar-refractivity contribution in [3.63, 3.8) is 0 Å². The van der Waals surface area contributed by atoms with Crippen molar-refractivity contribution >= 4 is 11.8 Å². The van der Waals surface area contributed by atoms with E-state index in [0.717, 1.165) is 17.8 Å². The van der Waals surface area contributed by atoms with E-state index in [1.54, 1.807) is 0 Å². The van der Waals surface area contributed by atoms with E-state index >= 15 is 0 Å². The van der Waals surface area contributed by atoms with Crippen molar-refractivity contribution in [2.75, 3.05) is 13.3 Å². The van der Waals surface area contributed by atoms with Gasteiger partial charge in [-0.3, -0.25) is 4.90 Å². The van der Waals surface area contributed by atoms with Gasteiger partial charge in [-0.05, 0) is 58.2 Å². The first-order chi connectivity index (χ1) is 10.3. The summed E-state index contributed by atoms with van der Waals surface area (Å²) in [5.74, 6) is 3.22. The highest BCUT2D eigenvalue weighted by molar-refractivity contribution is 7.99. The highest BCUT2D eigenvalue weighted by Gasteiger charge is 2.37. The molecule has 0 saturated heterocycles. The number of thioether (sulfide) groups is 1. The summed E-state index contributed by atoms with van der Waals surface area (Å²) in [6.07, 6.45) is 11.6. The molecule has 3 aliphatic carbocycles. The fourth-order valence-corrected chi connectivity index (χ4v) is 4.47. The normalized spacial score (nSPS) is 29.5. The van der Waals surface area contributed by atoms with Gasteiger partial charge in [-0.25, -0.2) is 0 Å². The molecule has 0 radical (unpaired) electrons. The van der Waals surface area contributed by atoms with Crippen molar-refractivity contribution in [3.8, 4) is 0 Å². The standard InChI is InChI=1S/C16H26N4S/c1-19(13-7-8-14(9-13)21-2)10-15-17-18-16(11-3-4-11)20(15)12-5-6-12/h11-14H,3-10H2,1-2H3/t13-,14+/m0/s1. The summed E-state index contributed by atoms with van der Waals surface area (Å²) in [6.45, 7) is 0.974. The summed E-state index contributed by atoms with van der Waals surface area (Å²) in [5.41, 5.74) is 0. The third-order valence-corrected chi connectivity index (χ3v) is 6.45. The molecule has 21 heavy (non-hydrogen) atoms. The van der Waals surface area contributed by atoms with E-state index < -0.39 is 0 Å². The van der Waals surface area contributed by atoms with Crippen molar-refractivity contribution < 1.29 is 0 Å². The zero-order chi connectivity index (χ0) is 14.4. The lowest BCUT2D eigenvalue weighted by Crippen LogP contribution is -2.30. The Labute approximate surface area is 131 Å². The van der Waals surface area contributed by atoms with Crippen LogP contribution in [0.3, 0.4) is 0 Å². The second kappa shape index (κ2) is 5.58. The van der Waals surface area contributed by atoms with Crippen molar-refractivity contribution in [2.24, 2.45) is 0 Å². The minimum atomic E-state index is 0.710. The second-order valence-electron chi connectivity index (χ2n) is 7.09. The van der Waals surface area contributed by atoms with Crippen LogP contribution in [0.2, 0.25) is 0 Å². The Morgan fingerprint density at radius 1 is 1.14 bits per heavy atom. The minimum Gasteiger partial charge on any atom is -0.311 e. The molecule has 116 valence electrons. The number of rotatable bonds is 6. The molecule has 1 aromatic heterocycles. The van der Waals surface area contributed by atoms with Crippen molar-refractivity contribution in [1.29, 1.82) is 0 Å². The molecule has 0 spiro atoms. The molecular weight excluding hydrogens is 280 g/mol. The Kier molecular flexibility index (Phi) is 3.74. The van der Waals surface area contributed by atoms with Crippen LogP contribution in [0, 0.1) is 0 Å². The molecule has 0 bridgehead atoms. The molecule has 3 saturated carbocycles. The molecule has 2 atom stereocenters. The molecule has 1 aromatic rings. The summed E-state index contributed by atoms with van der Waals surface area (Å²) in [7, 11) is 2.27. The van der Waals surface area contributed by atoms with Crippen LogP contribution in [0.5, 0.6) is 0 Å². The van der Waals surface area contributed by atoms with E-state index in [9.17, 15) is 0 Å². The van der Waals surface area contributed by atoms with Crippen molar-refractivity contribution in [3.05, 3.63) is 11.6 Å². The number of hydrogen-bond acceptors (Lipinski definition) is 4. The minimum absolute atomic E-state index is 0.710. The third kappa shape index (κ3) is 2.87. The first-order valence-electron chi connectivity index (χ1n) is 8.43. The molecule has 0 N–H and O–H groups in total. The van der Waals surface area contributed by atoms with E-state index in [1.165, 1.54) is 56.6 Å². The van der Waals surface area contributed by atoms with Crippen LogP contribution in [-0.4, -0.2) is 44.3 Å². The Balaban J connectivity index is 1.46. The Morgan fingerprint density at radius 3 is 2.57 bits per heavy atom. The topological polar surface area (TPSA) is 34.0 Å². The molecule has 4 rings (SSSR count). The molecule has 4 nitrogen and oxygen atoms in total. The quantitative estimate of drug-likeness (QED) is 0.808. The van der Waals surface area contributed by atoms with Gasteiger partial charge in [-0.15, -0.1) is 10.2 Å².